The smallest absolute Gasteiger partial charge is 0.0541 e. The lowest BCUT2D eigenvalue weighted by Gasteiger charge is -2.08. The van der Waals surface area contributed by atoms with E-state index in [1.807, 2.05) is 36.4 Å². The van der Waals surface area contributed by atoms with Crippen LogP contribution >= 0.6 is 23.4 Å². The molecule has 0 aliphatic heterocycles. The van der Waals surface area contributed by atoms with E-state index >= 15 is 0 Å². The van der Waals surface area contributed by atoms with Gasteiger partial charge in [0.05, 0.1) is 5.02 Å². The van der Waals surface area contributed by atoms with Crippen LogP contribution in [0, 0.1) is 0 Å². The fourth-order valence-electron chi connectivity index (χ4n) is 1.61. The van der Waals surface area contributed by atoms with Crippen LogP contribution in [0.25, 0.3) is 0 Å². The molecule has 0 spiro atoms. The number of benzene rings is 2. The molecule has 1 nitrogen and oxygen atoms in total. The van der Waals surface area contributed by atoms with E-state index in [1.54, 1.807) is 11.8 Å². The highest BCUT2D eigenvalue weighted by Gasteiger charge is 2.03. The molecule has 2 rings (SSSR count). The van der Waals surface area contributed by atoms with Gasteiger partial charge in [0.15, 0.2) is 0 Å². The van der Waals surface area contributed by atoms with E-state index < -0.39 is 0 Å². The summed E-state index contributed by atoms with van der Waals surface area (Å²) in [5.74, 6) is 0.900. The minimum Gasteiger partial charge on any atom is -0.326 e. The lowest BCUT2D eigenvalue weighted by Crippen LogP contribution is -2.00. The molecule has 0 atom stereocenters. The van der Waals surface area contributed by atoms with Gasteiger partial charge < -0.3 is 5.73 Å². The third-order valence-corrected chi connectivity index (χ3v) is 4.12. The topological polar surface area (TPSA) is 26.0 Å². The van der Waals surface area contributed by atoms with Crippen molar-refractivity contribution in [3.8, 4) is 0 Å². The van der Waals surface area contributed by atoms with Crippen LogP contribution in [0.15, 0.2) is 53.4 Å². The van der Waals surface area contributed by atoms with Gasteiger partial charge in [-0.05, 0) is 23.3 Å². The summed E-state index contributed by atoms with van der Waals surface area (Å²) in [6, 6.07) is 16.2. The van der Waals surface area contributed by atoms with Gasteiger partial charge in [0.2, 0.25) is 0 Å². The second kappa shape index (κ2) is 6.10. The third kappa shape index (κ3) is 3.25. The average Bonchev–Trinajstić information content (AvgIpc) is 2.38. The quantitative estimate of drug-likeness (QED) is 0.841. The van der Waals surface area contributed by atoms with Crippen molar-refractivity contribution in [3.63, 3.8) is 0 Å². The molecule has 2 N–H and O–H groups in total. The van der Waals surface area contributed by atoms with Crippen molar-refractivity contribution in [2.45, 2.75) is 17.2 Å². The molecular formula is C14H14ClNS. The SMILES string of the molecule is NCc1ccccc1CSc1ccccc1Cl. The predicted molar refractivity (Wildman–Crippen MR) is 75.3 cm³/mol. The van der Waals surface area contributed by atoms with Crippen LogP contribution in [0.1, 0.15) is 11.1 Å². The summed E-state index contributed by atoms with van der Waals surface area (Å²) in [5, 5.41) is 0.808. The van der Waals surface area contributed by atoms with Gasteiger partial charge in [0.1, 0.15) is 0 Å². The van der Waals surface area contributed by atoms with Crippen LogP contribution in [0.3, 0.4) is 0 Å². The summed E-state index contributed by atoms with van der Waals surface area (Å²) in [6.45, 7) is 0.583. The van der Waals surface area contributed by atoms with E-state index in [9.17, 15) is 0 Å². The molecular weight excluding hydrogens is 250 g/mol. The molecule has 2 aromatic rings. The van der Waals surface area contributed by atoms with E-state index in [1.165, 1.54) is 11.1 Å². The Bertz CT molecular complexity index is 499. The second-order valence-corrected chi connectivity index (χ2v) is 5.12. The minimum absolute atomic E-state index is 0.583. The monoisotopic (exact) mass is 263 g/mol. The summed E-state index contributed by atoms with van der Waals surface area (Å²) in [7, 11) is 0. The normalized spacial score (nSPS) is 10.5. The van der Waals surface area contributed by atoms with Crippen LogP contribution in [-0.4, -0.2) is 0 Å². The highest BCUT2D eigenvalue weighted by Crippen LogP contribution is 2.30. The molecule has 0 amide bonds. The van der Waals surface area contributed by atoms with Crippen LogP contribution in [0.4, 0.5) is 0 Å². The van der Waals surface area contributed by atoms with Crippen molar-refractivity contribution in [2.24, 2.45) is 5.73 Å². The van der Waals surface area contributed by atoms with Gasteiger partial charge in [-0.15, -0.1) is 11.8 Å². The Morgan fingerprint density at radius 3 is 2.29 bits per heavy atom. The number of hydrogen-bond acceptors (Lipinski definition) is 2. The fourth-order valence-corrected chi connectivity index (χ4v) is 2.89. The fraction of sp³-hybridized carbons (Fsp3) is 0.143. The zero-order valence-electron chi connectivity index (χ0n) is 9.40. The molecule has 0 aromatic heterocycles. The molecule has 0 heterocycles. The first-order valence-corrected chi connectivity index (χ1v) is 6.82. The zero-order chi connectivity index (χ0) is 12.1. The van der Waals surface area contributed by atoms with E-state index in [-0.39, 0.29) is 0 Å². The molecule has 0 saturated heterocycles. The van der Waals surface area contributed by atoms with Gasteiger partial charge in [0, 0.05) is 17.2 Å². The van der Waals surface area contributed by atoms with Crippen molar-refractivity contribution in [1.29, 1.82) is 0 Å². The third-order valence-electron chi connectivity index (χ3n) is 2.56. The largest absolute Gasteiger partial charge is 0.326 e. The Labute approximate surface area is 111 Å². The van der Waals surface area contributed by atoms with E-state index in [0.29, 0.717) is 6.54 Å². The van der Waals surface area contributed by atoms with Crippen molar-refractivity contribution in [2.75, 3.05) is 0 Å². The number of hydrogen-bond donors (Lipinski definition) is 1. The lowest BCUT2D eigenvalue weighted by molar-refractivity contribution is 1.04. The van der Waals surface area contributed by atoms with E-state index in [2.05, 4.69) is 12.1 Å². The molecule has 0 fully saturated rings. The van der Waals surface area contributed by atoms with Gasteiger partial charge in [-0.3, -0.25) is 0 Å². The van der Waals surface area contributed by atoms with Crippen LogP contribution in [-0.2, 0) is 12.3 Å². The van der Waals surface area contributed by atoms with Crippen molar-refractivity contribution in [3.05, 3.63) is 64.7 Å². The maximum Gasteiger partial charge on any atom is 0.0541 e. The summed E-state index contributed by atoms with van der Waals surface area (Å²) < 4.78 is 0. The van der Waals surface area contributed by atoms with Gasteiger partial charge in [-0.2, -0.15) is 0 Å². The van der Waals surface area contributed by atoms with E-state index in [0.717, 1.165) is 15.7 Å². The summed E-state index contributed by atoms with van der Waals surface area (Å²) in [4.78, 5) is 1.11. The first-order chi connectivity index (χ1) is 8.31. The van der Waals surface area contributed by atoms with Crippen molar-refractivity contribution in [1.82, 2.24) is 0 Å². The highest BCUT2D eigenvalue weighted by molar-refractivity contribution is 7.98. The molecule has 0 radical (unpaired) electrons. The van der Waals surface area contributed by atoms with Gasteiger partial charge >= 0.3 is 0 Å². The van der Waals surface area contributed by atoms with Gasteiger partial charge in [-0.25, -0.2) is 0 Å². The summed E-state index contributed by atoms with van der Waals surface area (Å²) in [5.41, 5.74) is 8.19. The molecule has 2 aromatic carbocycles. The maximum atomic E-state index is 6.12. The highest BCUT2D eigenvalue weighted by atomic mass is 35.5. The van der Waals surface area contributed by atoms with Crippen LogP contribution in [0.2, 0.25) is 5.02 Å². The molecule has 0 aliphatic carbocycles. The number of rotatable bonds is 4. The first-order valence-electron chi connectivity index (χ1n) is 5.45. The molecule has 0 aliphatic rings. The lowest BCUT2D eigenvalue weighted by atomic mass is 10.1. The Kier molecular flexibility index (Phi) is 4.49. The van der Waals surface area contributed by atoms with Gasteiger partial charge in [-0.1, -0.05) is 48.0 Å². The molecule has 0 unspecified atom stereocenters. The number of halogens is 1. The number of nitrogens with two attached hydrogens (primary N) is 1. The predicted octanol–water partition coefficient (Wildman–Crippen LogP) is 4.09. The number of thioether (sulfide) groups is 1. The average molecular weight is 264 g/mol. The van der Waals surface area contributed by atoms with Crippen molar-refractivity contribution < 1.29 is 0 Å². The zero-order valence-corrected chi connectivity index (χ0v) is 11.0. The molecule has 3 heteroatoms. The second-order valence-electron chi connectivity index (χ2n) is 3.69. The summed E-state index contributed by atoms with van der Waals surface area (Å²) in [6.07, 6.45) is 0. The molecule has 0 saturated carbocycles. The Hall–Kier alpha value is -0.960. The van der Waals surface area contributed by atoms with Crippen molar-refractivity contribution >= 4 is 23.4 Å². The molecule has 0 bridgehead atoms. The summed E-state index contributed by atoms with van der Waals surface area (Å²) >= 11 is 7.86. The van der Waals surface area contributed by atoms with Crippen LogP contribution < -0.4 is 5.73 Å². The van der Waals surface area contributed by atoms with Crippen LogP contribution in [0.5, 0.6) is 0 Å². The first kappa shape index (κ1) is 12.5. The molecule has 17 heavy (non-hydrogen) atoms. The van der Waals surface area contributed by atoms with E-state index in [4.69, 9.17) is 17.3 Å². The Balaban J connectivity index is 2.10. The van der Waals surface area contributed by atoms with Gasteiger partial charge in [0.25, 0.3) is 0 Å². The standard InChI is InChI=1S/C14H14ClNS/c15-13-7-3-4-8-14(13)17-10-12-6-2-1-5-11(12)9-16/h1-8H,9-10,16H2. The Morgan fingerprint density at radius 1 is 0.941 bits per heavy atom. The minimum atomic E-state index is 0.583. The molecule has 88 valence electrons. The Morgan fingerprint density at radius 2 is 1.59 bits per heavy atom. The maximum absolute atomic E-state index is 6.12.